The first-order chi connectivity index (χ1) is 14.2. The lowest BCUT2D eigenvalue weighted by Crippen LogP contribution is -2.38. The quantitative estimate of drug-likeness (QED) is 0.747. The molecule has 0 unspecified atom stereocenters. The summed E-state index contributed by atoms with van der Waals surface area (Å²) in [5.74, 6) is 1.26. The Morgan fingerprint density at radius 3 is 2.66 bits per heavy atom. The summed E-state index contributed by atoms with van der Waals surface area (Å²) >= 11 is 0. The highest BCUT2D eigenvalue weighted by atomic mass is 16.7. The predicted octanol–water partition coefficient (Wildman–Crippen LogP) is 2.36. The molecule has 154 valence electrons. The minimum atomic E-state index is -0.336. The van der Waals surface area contributed by atoms with Crippen molar-refractivity contribution in [1.82, 2.24) is 10.2 Å². The fraction of sp³-hybridized carbons (Fsp3) is 0.409. The summed E-state index contributed by atoms with van der Waals surface area (Å²) in [7, 11) is 0. The highest BCUT2D eigenvalue weighted by molar-refractivity contribution is 5.94. The second kappa shape index (κ2) is 9.26. The lowest BCUT2D eigenvalue weighted by Gasteiger charge is -2.27. The van der Waals surface area contributed by atoms with Crippen LogP contribution in [0.5, 0.6) is 11.5 Å². The Balaban J connectivity index is 1.32. The number of nitrogens with zero attached hydrogens (tertiary/aromatic N) is 1. The molecule has 2 aliphatic heterocycles. The van der Waals surface area contributed by atoms with Crippen LogP contribution in [0.25, 0.3) is 0 Å². The Bertz CT molecular complexity index is 852. The number of nitrogens with one attached hydrogen (secondary N) is 2. The van der Waals surface area contributed by atoms with Gasteiger partial charge < -0.3 is 24.8 Å². The van der Waals surface area contributed by atoms with Gasteiger partial charge in [0.15, 0.2) is 11.5 Å². The molecule has 1 atom stereocenters. The summed E-state index contributed by atoms with van der Waals surface area (Å²) < 4.78 is 16.1. The number of rotatable bonds is 7. The van der Waals surface area contributed by atoms with Crippen LogP contribution in [0.15, 0.2) is 42.5 Å². The van der Waals surface area contributed by atoms with E-state index >= 15 is 0 Å². The molecule has 0 bridgehead atoms. The van der Waals surface area contributed by atoms with Gasteiger partial charge in [-0.3, -0.25) is 9.69 Å². The van der Waals surface area contributed by atoms with Gasteiger partial charge in [0.25, 0.3) is 0 Å². The van der Waals surface area contributed by atoms with E-state index in [-0.39, 0.29) is 18.7 Å². The lowest BCUT2D eigenvalue weighted by atomic mass is 10.1. The van der Waals surface area contributed by atoms with Crippen LogP contribution in [-0.2, 0) is 22.6 Å². The summed E-state index contributed by atoms with van der Waals surface area (Å²) in [5, 5.41) is 6.27. The zero-order valence-electron chi connectivity index (χ0n) is 16.6. The van der Waals surface area contributed by atoms with Crippen LogP contribution in [0, 0.1) is 0 Å². The van der Waals surface area contributed by atoms with Crippen molar-refractivity contribution >= 4 is 11.6 Å². The smallest absolute Gasteiger partial charge is 0.241 e. The molecule has 0 spiro atoms. The van der Waals surface area contributed by atoms with E-state index in [1.54, 1.807) is 12.1 Å². The zero-order chi connectivity index (χ0) is 20.1. The van der Waals surface area contributed by atoms with Crippen LogP contribution in [0.3, 0.4) is 0 Å². The van der Waals surface area contributed by atoms with E-state index in [4.69, 9.17) is 14.2 Å². The topological polar surface area (TPSA) is 72.1 Å². The van der Waals surface area contributed by atoms with Crippen molar-refractivity contribution in [2.24, 2.45) is 0 Å². The summed E-state index contributed by atoms with van der Waals surface area (Å²) in [6, 6.07) is 13.4. The average molecular weight is 397 g/mol. The second-order valence-electron chi connectivity index (χ2n) is 7.32. The number of amides is 1. The second-order valence-corrected chi connectivity index (χ2v) is 7.32. The Morgan fingerprint density at radius 1 is 1.07 bits per heavy atom. The van der Waals surface area contributed by atoms with Gasteiger partial charge in [-0.05, 0) is 30.2 Å². The Morgan fingerprint density at radius 2 is 1.83 bits per heavy atom. The van der Waals surface area contributed by atoms with Gasteiger partial charge in [0.2, 0.25) is 12.7 Å². The van der Waals surface area contributed by atoms with Gasteiger partial charge in [-0.15, -0.1) is 0 Å². The Kier molecular flexibility index (Phi) is 6.29. The molecule has 2 aromatic rings. The van der Waals surface area contributed by atoms with Crippen molar-refractivity contribution < 1.29 is 19.0 Å². The molecule has 29 heavy (non-hydrogen) atoms. The number of ether oxygens (including phenoxy) is 3. The van der Waals surface area contributed by atoms with Gasteiger partial charge in [0.05, 0.1) is 19.3 Å². The molecule has 1 fully saturated rings. The number of benzene rings is 2. The molecular weight excluding hydrogens is 370 g/mol. The molecule has 1 amide bonds. The number of hydrogen-bond acceptors (Lipinski definition) is 6. The maximum atomic E-state index is 12.6. The van der Waals surface area contributed by atoms with E-state index in [1.807, 2.05) is 19.1 Å². The van der Waals surface area contributed by atoms with Crippen LogP contribution < -0.4 is 20.1 Å². The van der Waals surface area contributed by atoms with Crippen molar-refractivity contribution in [3.05, 3.63) is 53.6 Å². The van der Waals surface area contributed by atoms with Crippen LogP contribution in [0.4, 0.5) is 5.69 Å². The van der Waals surface area contributed by atoms with Gasteiger partial charge >= 0.3 is 0 Å². The minimum Gasteiger partial charge on any atom is -0.454 e. The summed E-state index contributed by atoms with van der Waals surface area (Å²) in [4.78, 5) is 15.0. The monoisotopic (exact) mass is 397 g/mol. The molecule has 0 aliphatic carbocycles. The standard InChI is InChI=1S/C22H27N3O4/c1-16(22(26)24-19-6-7-20-21(12-19)29-15-28-20)23-13-17-4-2-3-5-18(17)14-25-8-10-27-11-9-25/h2-7,12,16,23H,8-11,13-15H2,1H3,(H,24,26)/t16-/m0/s1. The predicted molar refractivity (Wildman–Crippen MR) is 110 cm³/mol. The van der Waals surface area contributed by atoms with Crippen LogP contribution >= 0.6 is 0 Å². The summed E-state index contributed by atoms with van der Waals surface area (Å²) in [5.41, 5.74) is 3.19. The number of fused-ring (bicyclic) bond motifs is 1. The average Bonchev–Trinajstić information content (AvgIpc) is 3.21. The Labute approximate surface area is 170 Å². The zero-order valence-corrected chi connectivity index (χ0v) is 16.6. The van der Waals surface area contributed by atoms with Crippen molar-refractivity contribution in [1.29, 1.82) is 0 Å². The molecule has 2 aromatic carbocycles. The highest BCUT2D eigenvalue weighted by Crippen LogP contribution is 2.34. The molecular formula is C22H27N3O4. The van der Waals surface area contributed by atoms with E-state index in [1.165, 1.54) is 11.1 Å². The van der Waals surface area contributed by atoms with Crippen molar-refractivity contribution in [3.8, 4) is 11.5 Å². The number of carbonyl (C=O) groups excluding carboxylic acids is 1. The number of hydrogen-bond donors (Lipinski definition) is 2. The highest BCUT2D eigenvalue weighted by Gasteiger charge is 2.17. The Hall–Kier alpha value is -2.61. The summed E-state index contributed by atoms with van der Waals surface area (Å²) in [6.07, 6.45) is 0. The van der Waals surface area contributed by atoms with Crippen molar-refractivity contribution in [2.45, 2.75) is 26.1 Å². The first kappa shape index (κ1) is 19.7. The maximum Gasteiger partial charge on any atom is 0.241 e. The number of anilines is 1. The van der Waals surface area contributed by atoms with Crippen LogP contribution in [-0.4, -0.2) is 49.9 Å². The molecule has 0 aromatic heterocycles. The van der Waals surface area contributed by atoms with E-state index in [0.29, 0.717) is 23.7 Å². The van der Waals surface area contributed by atoms with Crippen molar-refractivity contribution in [3.63, 3.8) is 0 Å². The molecule has 0 radical (unpaired) electrons. The molecule has 7 nitrogen and oxygen atoms in total. The van der Waals surface area contributed by atoms with E-state index in [0.717, 1.165) is 32.8 Å². The molecule has 2 heterocycles. The van der Waals surface area contributed by atoms with Gasteiger partial charge in [-0.1, -0.05) is 24.3 Å². The van der Waals surface area contributed by atoms with Crippen LogP contribution in [0.2, 0.25) is 0 Å². The van der Waals surface area contributed by atoms with Crippen LogP contribution in [0.1, 0.15) is 18.1 Å². The SMILES string of the molecule is C[C@H](NCc1ccccc1CN1CCOCC1)C(=O)Nc1ccc2c(c1)OCO2. The fourth-order valence-corrected chi connectivity index (χ4v) is 3.46. The number of morpholine rings is 1. The number of carbonyl (C=O) groups is 1. The molecule has 2 aliphatic rings. The third-order valence-electron chi connectivity index (χ3n) is 5.25. The molecule has 0 saturated carbocycles. The van der Waals surface area contributed by atoms with Gasteiger partial charge in [0, 0.05) is 37.9 Å². The van der Waals surface area contributed by atoms with Gasteiger partial charge in [-0.2, -0.15) is 0 Å². The van der Waals surface area contributed by atoms with E-state index in [9.17, 15) is 4.79 Å². The summed E-state index contributed by atoms with van der Waals surface area (Å²) in [6.45, 7) is 7.11. The molecule has 1 saturated heterocycles. The lowest BCUT2D eigenvalue weighted by molar-refractivity contribution is -0.117. The maximum absolute atomic E-state index is 12.6. The van der Waals surface area contributed by atoms with E-state index in [2.05, 4.69) is 33.7 Å². The van der Waals surface area contributed by atoms with Gasteiger partial charge in [0.1, 0.15) is 0 Å². The third-order valence-corrected chi connectivity index (χ3v) is 5.25. The first-order valence-corrected chi connectivity index (χ1v) is 10.00. The van der Waals surface area contributed by atoms with E-state index < -0.39 is 0 Å². The molecule has 2 N–H and O–H groups in total. The fourth-order valence-electron chi connectivity index (χ4n) is 3.46. The third kappa shape index (κ3) is 5.06. The molecule has 7 heteroatoms. The normalized spacial score (nSPS) is 17.1. The minimum absolute atomic E-state index is 0.0884. The van der Waals surface area contributed by atoms with Crippen molar-refractivity contribution in [2.75, 3.05) is 38.4 Å². The molecule has 4 rings (SSSR count). The largest absolute Gasteiger partial charge is 0.454 e. The first-order valence-electron chi connectivity index (χ1n) is 10.00. The van der Waals surface area contributed by atoms with Gasteiger partial charge in [-0.25, -0.2) is 0 Å².